The average Bonchev–Trinajstić information content (AvgIpc) is 2.52. The molecular weight excluding hydrogens is 262 g/mol. The Balaban J connectivity index is 2.43. The molecule has 2 rings (SSSR count). The van der Waals surface area contributed by atoms with Gasteiger partial charge in [-0.3, -0.25) is 11.3 Å². The highest BCUT2D eigenvalue weighted by Gasteiger charge is 2.50. The standard InChI is InChI=1S/C15H22F2N2O/c1-14(2)8-9(15(3,4)20-14)13(19-18)12-10(16)6-5-7-11(12)17/h5-7,9,13,19H,8,18H2,1-4H3. The molecule has 1 aromatic rings. The van der Waals surface area contributed by atoms with Gasteiger partial charge in [0.1, 0.15) is 11.6 Å². The van der Waals surface area contributed by atoms with Crippen LogP contribution in [0.5, 0.6) is 0 Å². The summed E-state index contributed by atoms with van der Waals surface area (Å²) >= 11 is 0. The Morgan fingerprint density at radius 2 is 1.80 bits per heavy atom. The molecule has 112 valence electrons. The molecular formula is C15H22F2N2O. The van der Waals surface area contributed by atoms with Crippen LogP contribution in [-0.2, 0) is 4.74 Å². The fourth-order valence-corrected chi connectivity index (χ4v) is 3.33. The Morgan fingerprint density at radius 1 is 1.25 bits per heavy atom. The average molecular weight is 284 g/mol. The topological polar surface area (TPSA) is 47.3 Å². The third-order valence-corrected chi connectivity index (χ3v) is 4.04. The zero-order valence-corrected chi connectivity index (χ0v) is 12.3. The van der Waals surface area contributed by atoms with Gasteiger partial charge in [-0.05, 0) is 46.2 Å². The summed E-state index contributed by atoms with van der Waals surface area (Å²) < 4.78 is 34.0. The van der Waals surface area contributed by atoms with Crippen LogP contribution < -0.4 is 11.3 Å². The molecule has 1 fully saturated rings. The first-order chi connectivity index (χ1) is 9.18. The van der Waals surface area contributed by atoms with Crippen molar-refractivity contribution in [3.8, 4) is 0 Å². The largest absolute Gasteiger partial charge is 0.369 e. The molecule has 1 heterocycles. The Bertz CT molecular complexity index is 482. The molecule has 0 bridgehead atoms. The molecule has 0 amide bonds. The molecule has 0 aromatic heterocycles. The SMILES string of the molecule is CC1(C)CC(C(NN)c2c(F)cccc2F)C(C)(C)O1. The van der Waals surface area contributed by atoms with E-state index in [1.54, 1.807) is 0 Å². The molecule has 0 saturated carbocycles. The van der Waals surface area contributed by atoms with E-state index in [2.05, 4.69) is 5.43 Å². The van der Waals surface area contributed by atoms with Crippen molar-refractivity contribution < 1.29 is 13.5 Å². The van der Waals surface area contributed by atoms with Crippen molar-refractivity contribution in [1.82, 2.24) is 5.43 Å². The van der Waals surface area contributed by atoms with Crippen LogP contribution in [0.1, 0.15) is 45.7 Å². The van der Waals surface area contributed by atoms with E-state index in [1.807, 2.05) is 27.7 Å². The maximum absolute atomic E-state index is 14.0. The molecule has 0 radical (unpaired) electrons. The maximum atomic E-state index is 14.0. The quantitative estimate of drug-likeness (QED) is 0.662. The monoisotopic (exact) mass is 284 g/mol. The van der Waals surface area contributed by atoms with Gasteiger partial charge in [0.2, 0.25) is 0 Å². The molecule has 0 aliphatic carbocycles. The van der Waals surface area contributed by atoms with Crippen LogP contribution in [0.25, 0.3) is 0 Å². The summed E-state index contributed by atoms with van der Waals surface area (Å²) in [6, 6.07) is 3.21. The Labute approximate surface area is 118 Å². The molecule has 0 spiro atoms. The molecule has 3 nitrogen and oxygen atoms in total. The predicted molar refractivity (Wildman–Crippen MR) is 73.8 cm³/mol. The third kappa shape index (κ3) is 2.71. The smallest absolute Gasteiger partial charge is 0.130 e. The van der Waals surface area contributed by atoms with Crippen molar-refractivity contribution in [1.29, 1.82) is 0 Å². The lowest BCUT2D eigenvalue weighted by Crippen LogP contribution is -2.42. The van der Waals surface area contributed by atoms with Crippen LogP contribution in [0.15, 0.2) is 18.2 Å². The second kappa shape index (κ2) is 5.06. The lowest BCUT2D eigenvalue weighted by Gasteiger charge is -2.33. The van der Waals surface area contributed by atoms with Gasteiger partial charge < -0.3 is 4.74 Å². The number of nitrogens with one attached hydrogen (secondary N) is 1. The highest BCUT2D eigenvalue weighted by atomic mass is 19.1. The van der Waals surface area contributed by atoms with E-state index in [-0.39, 0.29) is 17.1 Å². The number of benzene rings is 1. The summed E-state index contributed by atoms with van der Waals surface area (Å²) in [6.45, 7) is 7.80. The van der Waals surface area contributed by atoms with Gasteiger partial charge in [0.15, 0.2) is 0 Å². The van der Waals surface area contributed by atoms with Crippen LogP contribution in [-0.4, -0.2) is 11.2 Å². The number of rotatable bonds is 3. The van der Waals surface area contributed by atoms with Gasteiger partial charge in [-0.2, -0.15) is 0 Å². The summed E-state index contributed by atoms with van der Waals surface area (Å²) in [7, 11) is 0. The van der Waals surface area contributed by atoms with Crippen LogP contribution in [0.4, 0.5) is 8.78 Å². The lowest BCUT2D eigenvalue weighted by molar-refractivity contribution is -0.0780. The number of nitrogens with two attached hydrogens (primary N) is 1. The molecule has 5 heteroatoms. The molecule has 1 aliphatic rings. The van der Waals surface area contributed by atoms with E-state index >= 15 is 0 Å². The van der Waals surface area contributed by atoms with Crippen molar-refractivity contribution in [2.75, 3.05) is 0 Å². The van der Waals surface area contributed by atoms with Crippen molar-refractivity contribution >= 4 is 0 Å². The van der Waals surface area contributed by atoms with Crippen molar-refractivity contribution in [3.05, 3.63) is 35.4 Å². The third-order valence-electron chi connectivity index (χ3n) is 4.04. The minimum Gasteiger partial charge on any atom is -0.369 e. The number of hydrogen-bond acceptors (Lipinski definition) is 3. The number of hydrazine groups is 1. The van der Waals surface area contributed by atoms with E-state index in [0.717, 1.165) is 0 Å². The van der Waals surface area contributed by atoms with Crippen LogP contribution >= 0.6 is 0 Å². The van der Waals surface area contributed by atoms with E-state index in [9.17, 15) is 8.78 Å². The lowest BCUT2D eigenvalue weighted by atomic mass is 9.79. The highest BCUT2D eigenvalue weighted by Crippen LogP contribution is 2.48. The second-order valence-corrected chi connectivity index (χ2v) is 6.56. The predicted octanol–water partition coefficient (Wildman–Crippen LogP) is 3.06. The van der Waals surface area contributed by atoms with Crippen LogP contribution in [0.2, 0.25) is 0 Å². The van der Waals surface area contributed by atoms with Gasteiger partial charge >= 0.3 is 0 Å². The molecule has 1 aliphatic heterocycles. The zero-order chi connectivity index (χ0) is 15.1. The van der Waals surface area contributed by atoms with Gasteiger partial charge in [-0.15, -0.1) is 0 Å². The Morgan fingerprint density at radius 3 is 2.20 bits per heavy atom. The van der Waals surface area contributed by atoms with E-state index in [1.165, 1.54) is 18.2 Å². The number of ether oxygens (including phenoxy) is 1. The minimum atomic E-state index is -0.632. The van der Waals surface area contributed by atoms with Crippen molar-refractivity contribution in [3.63, 3.8) is 0 Å². The van der Waals surface area contributed by atoms with Gasteiger partial charge in [0.05, 0.1) is 17.2 Å². The van der Waals surface area contributed by atoms with Gasteiger partial charge in [0, 0.05) is 11.5 Å². The summed E-state index contributed by atoms with van der Waals surface area (Å²) in [5, 5.41) is 0. The van der Waals surface area contributed by atoms with Crippen molar-refractivity contribution in [2.45, 2.75) is 51.4 Å². The molecule has 1 saturated heterocycles. The number of hydrogen-bond donors (Lipinski definition) is 2. The highest BCUT2D eigenvalue weighted by molar-refractivity contribution is 5.25. The second-order valence-electron chi connectivity index (χ2n) is 6.56. The molecule has 2 atom stereocenters. The van der Waals surface area contributed by atoms with Crippen LogP contribution in [0.3, 0.4) is 0 Å². The fourth-order valence-electron chi connectivity index (χ4n) is 3.33. The summed E-state index contributed by atoms with van der Waals surface area (Å²) in [5.41, 5.74) is 1.70. The summed E-state index contributed by atoms with van der Waals surface area (Å²) in [6.07, 6.45) is 0.669. The molecule has 3 N–H and O–H groups in total. The first kappa shape index (κ1) is 15.4. The first-order valence-corrected chi connectivity index (χ1v) is 6.78. The van der Waals surface area contributed by atoms with E-state index < -0.39 is 23.3 Å². The van der Waals surface area contributed by atoms with Gasteiger partial charge in [-0.1, -0.05) is 6.07 Å². The fraction of sp³-hybridized carbons (Fsp3) is 0.600. The Hall–Kier alpha value is -1.04. The van der Waals surface area contributed by atoms with Crippen LogP contribution in [0, 0.1) is 17.6 Å². The maximum Gasteiger partial charge on any atom is 0.130 e. The van der Waals surface area contributed by atoms with Gasteiger partial charge in [0.25, 0.3) is 0 Å². The molecule has 20 heavy (non-hydrogen) atoms. The van der Waals surface area contributed by atoms with Gasteiger partial charge in [-0.25, -0.2) is 8.78 Å². The van der Waals surface area contributed by atoms with E-state index in [4.69, 9.17) is 10.6 Å². The normalized spacial score (nSPS) is 25.6. The zero-order valence-electron chi connectivity index (χ0n) is 12.3. The van der Waals surface area contributed by atoms with Crippen molar-refractivity contribution in [2.24, 2.45) is 11.8 Å². The number of halogens is 2. The molecule has 1 aromatic carbocycles. The van der Waals surface area contributed by atoms with E-state index in [0.29, 0.717) is 6.42 Å². The summed E-state index contributed by atoms with van der Waals surface area (Å²) in [5.74, 6) is 4.28. The summed E-state index contributed by atoms with van der Waals surface area (Å²) in [4.78, 5) is 0. The first-order valence-electron chi connectivity index (χ1n) is 6.78. The Kier molecular flexibility index (Phi) is 3.88. The molecule has 2 unspecified atom stereocenters. The minimum absolute atomic E-state index is 0.0191.